The molecule has 2 aliphatic rings. The van der Waals surface area contributed by atoms with Crippen molar-refractivity contribution in [2.45, 2.75) is 38.6 Å². The summed E-state index contributed by atoms with van der Waals surface area (Å²) in [6.07, 6.45) is 4.06. The third-order valence-electron chi connectivity index (χ3n) is 5.06. The van der Waals surface area contributed by atoms with Crippen molar-refractivity contribution >= 4 is 24.2 Å². The Bertz CT molecular complexity index is 585. The lowest BCUT2D eigenvalue weighted by atomic mass is 9.96. The number of rotatable bonds is 4. The summed E-state index contributed by atoms with van der Waals surface area (Å²) >= 11 is 0. The van der Waals surface area contributed by atoms with E-state index in [-0.39, 0.29) is 30.1 Å². The maximum absolute atomic E-state index is 12.6. The van der Waals surface area contributed by atoms with Crippen LogP contribution in [-0.2, 0) is 4.79 Å². The summed E-state index contributed by atoms with van der Waals surface area (Å²) in [5.74, 6) is 0.0321. The maximum Gasteiger partial charge on any atom is 0.253 e. The van der Waals surface area contributed by atoms with Gasteiger partial charge in [0.25, 0.3) is 5.91 Å². The molecular formula is C19H28ClN3O2. The summed E-state index contributed by atoms with van der Waals surface area (Å²) in [4.78, 5) is 26.9. The molecule has 3 rings (SSSR count). The number of amides is 2. The average molecular weight is 366 g/mol. The molecule has 0 saturated carbocycles. The molecular weight excluding hydrogens is 338 g/mol. The summed E-state index contributed by atoms with van der Waals surface area (Å²) in [5.41, 5.74) is 1.85. The van der Waals surface area contributed by atoms with Gasteiger partial charge in [0.15, 0.2) is 0 Å². The van der Waals surface area contributed by atoms with Gasteiger partial charge in [-0.25, -0.2) is 0 Å². The van der Waals surface area contributed by atoms with Crippen LogP contribution in [0.1, 0.15) is 41.6 Å². The van der Waals surface area contributed by atoms with Gasteiger partial charge in [0.05, 0.1) is 5.92 Å². The zero-order valence-electron chi connectivity index (χ0n) is 14.8. The Labute approximate surface area is 155 Å². The van der Waals surface area contributed by atoms with E-state index in [0.717, 1.165) is 37.9 Å². The van der Waals surface area contributed by atoms with Crippen molar-refractivity contribution in [3.63, 3.8) is 0 Å². The number of nitrogens with zero attached hydrogens (tertiary/aromatic N) is 1. The zero-order valence-corrected chi connectivity index (χ0v) is 15.6. The van der Waals surface area contributed by atoms with Crippen molar-refractivity contribution in [2.75, 3.05) is 26.2 Å². The van der Waals surface area contributed by atoms with Crippen molar-refractivity contribution in [2.24, 2.45) is 5.92 Å². The molecule has 0 aliphatic carbocycles. The quantitative estimate of drug-likeness (QED) is 0.859. The van der Waals surface area contributed by atoms with Crippen molar-refractivity contribution in [3.8, 4) is 0 Å². The Morgan fingerprint density at radius 1 is 1.20 bits per heavy atom. The van der Waals surface area contributed by atoms with Gasteiger partial charge >= 0.3 is 0 Å². The van der Waals surface area contributed by atoms with E-state index in [0.29, 0.717) is 24.7 Å². The van der Waals surface area contributed by atoms with Gasteiger partial charge in [-0.15, -0.1) is 12.4 Å². The molecule has 2 amide bonds. The number of piperidine rings is 1. The van der Waals surface area contributed by atoms with Crippen LogP contribution >= 0.6 is 12.4 Å². The third-order valence-corrected chi connectivity index (χ3v) is 5.06. The van der Waals surface area contributed by atoms with Gasteiger partial charge in [0.1, 0.15) is 0 Å². The number of nitrogens with one attached hydrogen (secondary N) is 2. The second-order valence-electron chi connectivity index (χ2n) is 6.99. The number of halogens is 1. The standard InChI is InChI=1S/C19H27N3O2.ClH/c1-14-6-8-15(9-7-14)19(24)22-11-3-4-16(13-22)18(23)21-12-17-5-2-10-20-17;/h6-9,16-17,20H,2-5,10-13H2,1H3,(H,21,23);1H. The molecule has 138 valence electrons. The molecule has 0 bridgehead atoms. The van der Waals surface area contributed by atoms with Crippen LogP contribution in [0.3, 0.4) is 0 Å². The maximum atomic E-state index is 12.6. The highest BCUT2D eigenvalue weighted by Gasteiger charge is 2.29. The SMILES string of the molecule is Cc1ccc(C(=O)N2CCCC(C(=O)NCC3CCCN3)C2)cc1.Cl. The van der Waals surface area contributed by atoms with Crippen LogP contribution < -0.4 is 10.6 Å². The molecule has 1 aromatic carbocycles. The van der Waals surface area contributed by atoms with Crippen molar-refractivity contribution in [1.29, 1.82) is 0 Å². The lowest BCUT2D eigenvalue weighted by Crippen LogP contribution is -2.47. The Kier molecular flexibility index (Phi) is 7.26. The number of aryl methyl sites for hydroxylation is 1. The highest BCUT2D eigenvalue weighted by atomic mass is 35.5. The predicted molar refractivity (Wildman–Crippen MR) is 101 cm³/mol. The van der Waals surface area contributed by atoms with Crippen LogP contribution in [0.2, 0.25) is 0 Å². The first-order valence-corrected chi connectivity index (χ1v) is 9.00. The number of carbonyl (C=O) groups excluding carboxylic acids is 2. The molecule has 5 nitrogen and oxygen atoms in total. The molecule has 2 fully saturated rings. The second-order valence-corrected chi connectivity index (χ2v) is 6.99. The molecule has 6 heteroatoms. The molecule has 2 saturated heterocycles. The summed E-state index contributed by atoms with van der Waals surface area (Å²) < 4.78 is 0. The first kappa shape index (κ1) is 19.7. The smallest absolute Gasteiger partial charge is 0.253 e. The van der Waals surface area contributed by atoms with Gasteiger partial charge < -0.3 is 15.5 Å². The van der Waals surface area contributed by atoms with Gasteiger partial charge in [-0.3, -0.25) is 9.59 Å². The molecule has 1 aromatic rings. The molecule has 0 aromatic heterocycles. The van der Waals surface area contributed by atoms with Gasteiger partial charge in [0.2, 0.25) is 5.91 Å². The highest BCUT2D eigenvalue weighted by molar-refractivity contribution is 5.94. The Balaban J connectivity index is 0.00000225. The molecule has 2 heterocycles. The Hall–Kier alpha value is -1.59. The van der Waals surface area contributed by atoms with Gasteiger partial charge in [0, 0.05) is 31.2 Å². The van der Waals surface area contributed by atoms with E-state index < -0.39 is 0 Å². The lowest BCUT2D eigenvalue weighted by Gasteiger charge is -2.32. The van der Waals surface area contributed by atoms with Crippen LogP contribution in [-0.4, -0.2) is 48.9 Å². The third kappa shape index (κ3) is 5.19. The van der Waals surface area contributed by atoms with Crippen LogP contribution in [0.5, 0.6) is 0 Å². The highest BCUT2D eigenvalue weighted by Crippen LogP contribution is 2.19. The summed E-state index contributed by atoms with van der Waals surface area (Å²) in [7, 11) is 0. The van der Waals surface area contributed by atoms with E-state index in [1.165, 1.54) is 6.42 Å². The van der Waals surface area contributed by atoms with E-state index >= 15 is 0 Å². The van der Waals surface area contributed by atoms with Crippen molar-refractivity contribution in [1.82, 2.24) is 15.5 Å². The normalized spacial score (nSPS) is 23.0. The fraction of sp³-hybridized carbons (Fsp3) is 0.579. The zero-order chi connectivity index (χ0) is 16.9. The minimum atomic E-state index is -0.0884. The minimum Gasteiger partial charge on any atom is -0.354 e. The van der Waals surface area contributed by atoms with Crippen LogP contribution in [0.15, 0.2) is 24.3 Å². The fourth-order valence-corrected chi connectivity index (χ4v) is 3.55. The average Bonchev–Trinajstić information content (AvgIpc) is 3.13. The van der Waals surface area contributed by atoms with Gasteiger partial charge in [-0.2, -0.15) is 0 Å². The molecule has 2 N–H and O–H groups in total. The Morgan fingerprint density at radius 2 is 1.96 bits per heavy atom. The van der Waals surface area contributed by atoms with Crippen molar-refractivity contribution in [3.05, 3.63) is 35.4 Å². The van der Waals surface area contributed by atoms with E-state index in [4.69, 9.17) is 0 Å². The molecule has 2 aliphatic heterocycles. The van der Waals surface area contributed by atoms with E-state index in [2.05, 4.69) is 10.6 Å². The molecule has 0 spiro atoms. The molecule has 25 heavy (non-hydrogen) atoms. The van der Waals surface area contributed by atoms with Crippen LogP contribution in [0.4, 0.5) is 0 Å². The summed E-state index contributed by atoms with van der Waals surface area (Å²) in [6.45, 7) is 5.01. The van der Waals surface area contributed by atoms with E-state index in [1.54, 1.807) is 0 Å². The molecule has 0 radical (unpaired) electrons. The minimum absolute atomic E-state index is 0. The van der Waals surface area contributed by atoms with E-state index in [1.807, 2.05) is 36.1 Å². The van der Waals surface area contributed by atoms with Crippen LogP contribution in [0.25, 0.3) is 0 Å². The van der Waals surface area contributed by atoms with Gasteiger partial charge in [-0.1, -0.05) is 17.7 Å². The lowest BCUT2D eigenvalue weighted by molar-refractivity contribution is -0.126. The summed E-state index contributed by atoms with van der Waals surface area (Å²) in [5, 5.41) is 6.45. The topological polar surface area (TPSA) is 61.4 Å². The largest absolute Gasteiger partial charge is 0.354 e. The monoisotopic (exact) mass is 365 g/mol. The van der Waals surface area contributed by atoms with Crippen molar-refractivity contribution < 1.29 is 9.59 Å². The van der Waals surface area contributed by atoms with Gasteiger partial charge in [-0.05, 0) is 51.3 Å². The van der Waals surface area contributed by atoms with E-state index in [9.17, 15) is 9.59 Å². The number of likely N-dealkylation sites (tertiary alicyclic amines) is 1. The molecule has 2 unspecified atom stereocenters. The predicted octanol–water partition coefficient (Wildman–Crippen LogP) is 2.14. The fourth-order valence-electron chi connectivity index (χ4n) is 3.55. The number of hydrogen-bond acceptors (Lipinski definition) is 3. The second kappa shape index (κ2) is 9.20. The summed E-state index contributed by atoms with van der Waals surface area (Å²) in [6, 6.07) is 8.05. The first-order chi connectivity index (χ1) is 11.6. The first-order valence-electron chi connectivity index (χ1n) is 9.00. The number of benzene rings is 1. The Morgan fingerprint density at radius 3 is 2.64 bits per heavy atom. The van der Waals surface area contributed by atoms with Crippen LogP contribution in [0, 0.1) is 12.8 Å². The molecule has 2 atom stereocenters. The number of hydrogen-bond donors (Lipinski definition) is 2. The number of carbonyl (C=O) groups is 2.